The summed E-state index contributed by atoms with van der Waals surface area (Å²) in [6.45, 7) is 11.1. The van der Waals surface area contributed by atoms with Gasteiger partial charge in [-0.25, -0.2) is 0 Å². The van der Waals surface area contributed by atoms with Crippen LogP contribution in [0, 0.1) is 34.6 Å². The summed E-state index contributed by atoms with van der Waals surface area (Å²) in [5.41, 5.74) is 13.3. The van der Waals surface area contributed by atoms with Crippen LogP contribution in [-0.2, 0) is 7.05 Å². The van der Waals surface area contributed by atoms with Gasteiger partial charge in [0, 0.05) is 23.8 Å². The highest BCUT2D eigenvalue weighted by Gasteiger charge is 2.27. The number of nitrogens with zero attached hydrogens (tertiary/aromatic N) is 1. The Labute approximate surface area is 206 Å². The smallest absolute Gasteiger partial charge is 0.224 e. The molecule has 6 aromatic rings. The molecule has 0 spiro atoms. The van der Waals surface area contributed by atoms with Gasteiger partial charge in [0.05, 0.1) is 10.9 Å². The maximum absolute atomic E-state index is 6.54. The van der Waals surface area contributed by atoms with Crippen LogP contribution in [0.25, 0.3) is 55.1 Å². The zero-order valence-corrected chi connectivity index (χ0v) is 21.3. The van der Waals surface area contributed by atoms with E-state index in [0.717, 1.165) is 11.2 Å². The number of aryl methyl sites for hydroxylation is 4. The van der Waals surface area contributed by atoms with Gasteiger partial charge in [-0.3, -0.25) is 0 Å². The molecule has 0 aliphatic rings. The van der Waals surface area contributed by atoms with E-state index in [0.29, 0.717) is 0 Å². The van der Waals surface area contributed by atoms with Gasteiger partial charge in [0.15, 0.2) is 5.69 Å². The van der Waals surface area contributed by atoms with Crippen LogP contribution in [-0.4, -0.2) is 0 Å². The fourth-order valence-corrected chi connectivity index (χ4v) is 5.62. The fraction of sp³-hybridized carbons (Fsp3) is 0.182. The molecule has 4 aromatic carbocycles. The molecule has 0 bridgehead atoms. The lowest BCUT2D eigenvalue weighted by molar-refractivity contribution is -0.665. The summed E-state index contributed by atoms with van der Waals surface area (Å²) in [7, 11) is 2.17. The molecule has 172 valence electrons. The molecule has 0 amide bonds. The summed E-state index contributed by atoms with van der Waals surface area (Å²) in [6.07, 6.45) is 0. The highest BCUT2D eigenvalue weighted by Crippen LogP contribution is 2.42. The number of fused-ring (bicyclic) bond motifs is 4. The molecule has 2 heteroatoms. The fourth-order valence-electron chi connectivity index (χ4n) is 5.62. The average molecular weight is 457 g/mol. The molecule has 0 N–H and O–H groups in total. The molecule has 0 aliphatic carbocycles. The zero-order valence-electron chi connectivity index (χ0n) is 21.3. The molecule has 2 heterocycles. The van der Waals surface area contributed by atoms with Gasteiger partial charge in [0.2, 0.25) is 5.69 Å². The number of rotatable bonds is 2. The van der Waals surface area contributed by atoms with E-state index in [1.807, 2.05) is 6.07 Å². The Morgan fingerprint density at radius 1 is 0.600 bits per heavy atom. The van der Waals surface area contributed by atoms with E-state index < -0.39 is 0 Å². The van der Waals surface area contributed by atoms with Gasteiger partial charge in [0.25, 0.3) is 0 Å². The first-order chi connectivity index (χ1) is 16.9. The number of pyridine rings is 1. The summed E-state index contributed by atoms with van der Waals surface area (Å²) in [4.78, 5) is 0. The summed E-state index contributed by atoms with van der Waals surface area (Å²) in [6, 6.07) is 26.2. The Hall–Kier alpha value is -3.91. The molecule has 0 unspecified atom stereocenters. The van der Waals surface area contributed by atoms with Gasteiger partial charge < -0.3 is 4.42 Å². The Bertz CT molecular complexity index is 1800. The monoisotopic (exact) mass is 456 g/mol. The lowest BCUT2D eigenvalue weighted by atomic mass is 9.89. The van der Waals surface area contributed by atoms with Crippen molar-refractivity contribution in [1.82, 2.24) is 0 Å². The molecule has 0 radical (unpaired) electrons. The molecular formula is C33H30NO+. The van der Waals surface area contributed by atoms with Gasteiger partial charge in [-0.1, -0.05) is 48.5 Å². The van der Waals surface area contributed by atoms with Crippen molar-refractivity contribution in [3.8, 4) is 22.4 Å². The van der Waals surface area contributed by atoms with E-state index >= 15 is 0 Å². The van der Waals surface area contributed by atoms with Crippen LogP contribution >= 0.6 is 0 Å². The first-order valence-corrected chi connectivity index (χ1v) is 12.3. The van der Waals surface area contributed by atoms with E-state index in [1.165, 1.54) is 71.9 Å². The molecule has 0 fully saturated rings. The van der Waals surface area contributed by atoms with Crippen molar-refractivity contribution in [3.05, 3.63) is 101 Å². The Kier molecular flexibility index (Phi) is 4.82. The predicted octanol–water partition coefficient (Wildman–Crippen LogP) is 8.44. The number of para-hydroxylation sites is 1. The number of hydrogen-bond donors (Lipinski definition) is 0. The van der Waals surface area contributed by atoms with Crippen molar-refractivity contribution in [3.63, 3.8) is 0 Å². The standard InChI is InChI=1S/C33H30NO/c1-19-11-7-8-12-24(19)25-15-16-27-28(23(25)5)18-21(3)34(6)32(27)31-22(4)20(2)17-29-26-13-9-10-14-30(26)35-33(29)31/h7-18H,1-6H3/q+1. The van der Waals surface area contributed by atoms with Crippen molar-refractivity contribution in [1.29, 1.82) is 0 Å². The second kappa shape index (κ2) is 7.81. The van der Waals surface area contributed by atoms with Crippen LogP contribution in [0.4, 0.5) is 0 Å². The third kappa shape index (κ3) is 3.13. The van der Waals surface area contributed by atoms with Gasteiger partial charge in [-0.2, -0.15) is 4.57 Å². The Balaban J connectivity index is 1.75. The average Bonchev–Trinajstić information content (AvgIpc) is 3.21. The van der Waals surface area contributed by atoms with Crippen LogP contribution in [0.15, 0.2) is 77.2 Å². The molecule has 0 atom stereocenters. The molecular weight excluding hydrogens is 426 g/mol. The second-order valence-electron chi connectivity index (χ2n) is 9.88. The van der Waals surface area contributed by atoms with E-state index in [1.54, 1.807) is 0 Å². The normalized spacial score (nSPS) is 11.7. The quantitative estimate of drug-likeness (QED) is 0.239. The maximum Gasteiger partial charge on any atom is 0.224 e. The van der Waals surface area contributed by atoms with E-state index in [9.17, 15) is 0 Å². The molecule has 2 aromatic heterocycles. The molecule has 35 heavy (non-hydrogen) atoms. The largest absolute Gasteiger partial charge is 0.455 e. The minimum absolute atomic E-state index is 0.936. The van der Waals surface area contributed by atoms with Crippen molar-refractivity contribution in [2.45, 2.75) is 34.6 Å². The topological polar surface area (TPSA) is 17.0 Å². The zero-order chi connectivity index (χ0) is 24.4. The van der Waals surface area contributed by atoms with Gasteiger partial charge in [-0.15, -0.1) is 0 Å². The van der Waals surface area contributed by atoms with Gasteiger partial charge in [-0.05, 0) is 84.7 Å². The number of aromatic nitrogens is 1. The SMILES string of the molecule is Cc1ccccc1-c1ccc2c(-c3c(C)c(C)cc4c3oc3ccccc34)[n+](C)c(C)cc2c1C. The van der Waals surface area contributed by atoms with Crippen LogP contribution < -0.4 is 4.57 Å². The molecule has 6 rings (SSSR count). The lowest BCUT2D eigenvalue weighted by Crippen LogP contribution is -2.35. The predicted molar refractivity (Wildman–Crippen MR) is 147 cm³/mol. The van der Waals surface area contributed by atoms with Crippen molar-refractivity contribution < 1.29 is 8.98 Å². The molecule has 0 saturated carbocycles. The Morgan fingerprint density at radius 3 is 2.14 bits per heavy atom. The van der Waals surface area contributed by atoms with Crippen molar-refractivity contribution >= 4 is 32.7 Å². The van der Waals surface area contributed by atoms with Crippen molar-refractivity contribution in [2.75, 3.05) is 0 Å². The molecule has 0 aliphatic heterocycles. The number of hydrogen-bond acceptors (Lipinski definition) is 1. The first-order valence-electron chi connectivity index (χ1n) is 12.3. The third-order valence-electron chi connectivity index (χ3n) is 7.85. The number of furan rings is 1. The first kappa shape index (κ1) is 21.6. The highest BCUT2D eigenvalue weighted by atomic mass is 16.3. The van der Waals surface area contributed by atoms with Gasteiger partial charge in [0.1, 0.15) is 18.2 Å². The summed E-state index contributed by atoms with van der Waals surface area (Å²) < 4.78 is 8.87. The van der Waals surface area contributed by atoms with Crippen LogP contribution in [0.5, 0.6) is 0 Å². The summed E-state index contributed by atoms with van der Waals surface area (Å²) >= 11 is 0. The van der Waals surface area contributed by atoms with Crippen LogP contribution in [0.1, 0.15) is 27.9 Å². The maximum atomic E-state index is 6.54. The summed E-state index contributed by atoms with van der Waals surface area (Å²) in [5, 5.41) is 4.90. The van der Waals surface area contributed by atoms with Crippen LogP contribution in [0.3, 0.4) is 0 Å². The third-order valence-corrected chi connectivity index (χ3v) is 7.85. The van der Waals surface area contributed by atoms with E-state index in [-0.39, 0.29) is 0 Å². The molecule has 0 saturated heterocycles. The minimum atomic E-state index is 0.936. The van der Waals surface area contributed by atoms with E-state index in [2.05, 4.69) is 113 Å². The highest BCUT2D eigenvalue weighted by molar-refractivity contribution is 6.12. The summed E-state index contributed by atoms with van der Waals surface area (Å²) in [5.74, 6) is 0. The lowest BCUT2D eigenvalue weighted by Gasteiger charge is -2.16. The van der Waals surface area contributed by atoms with Crippen LogP contribution in [0.2, 0.25) is 0 Å². The van der Waals surface area contributed by atoms with E-state index in [4.69, 9.17) is 4.42 Å². The van der Waals surface area contributed by atoms with Crippen molar-refractivity contribution in [2.24, 2.45) is 7.05 Å². The molecule has 2 nitrogen and oxygen atoms in total. The second-order valence-corrected chi connectivity index (χ2v) is 9.88. The Morgan fingerprint density at radius 2 is 1.34 bits per heavy atom. The van der Waals surface area contributed by atoms with Gasteiger partial charge >= 0.3 is 0 Å². The number of benzene rings is 4. The minimum Gasteiger partial charge on any atom is -0.455 e.